The van der Waals surface area contributed by atoms with Crippen LogP contribution in [0.25, 0.3) is 0 Å². The quantitative estimate of drug-likeness (QED) is 0.762. The van der Waals surface area contributed by atoms with Gasteiger partial charge in [0.2, 0.25) is 11.8 Å². The number of aliphatic carboxylic acids is 1. The first-order valence-corrected chi connectivity index (χ1v) is 7.87. The molecule has 21 heavy (non-hydrogen) atoms. The van der Waals surface area contributed by atoms with E-state index in [0.717, 1.165) is 25.7 Å². The van der Waals surface area contributed by atoms with Crippen LogP contribution < -0.4 is 5.32 Å². The fourth-order valence-corrected chi connectivity index (χ4v) is 3.31. The van der Waals surface area contributed by atoms with Gasteiger partial charge in [-0.25, -0.2) is 0 Å². The Labute approximate surface area is 124 Å². The van der Waals surface area contributed by atoms with Crippen molar-refractivity contribution in [2.24, 2.45) is 5.92 Å². The Bertz CT molecular complexity index is 402. The van der Waals surface area contributed by atoms with Crippen molar-refractivity contribution >= 4 is 17.8 Å². The third-order valence-electron chi connectivity index (χ3n) is 4.46. The number of nitrogens with zero attached hydrogens (tertiary/aromatic N) is 1. The van der Waals surface area contributed by atoms with Gasteiger partial charge in [0.25, 0.3) is 0 Å². The topological polar surface area (TPSA) is 86.7 Å². The number of rotatable bonds is 4. The maximum absolute atomic E-state index is 12.5. The Morgan fingerprint density at radius 2 is 1.81 bits per heavy atom. The normalized spacial score (nSPS) is 24.3. The Balaban J connectivity index is 1.97. The van der Waals surface area contributed by atoms with Crippen molar-refractivity contribution in [2.45, 2.75) is 57.4 Å². The van der Waals surface area contributed by atoms with Crippen LogP contribution in [0, 0.1) is 5.92 Å². The second kappa shape index (κ2) is 7.43. The molecule has 2 aliphatic rings. The van der Waals surface area contributed by atoms with E-state index in [-0.39, 0.29) is 18.2 Å². The molecule has 0 bridgehead atoms. The molecule has 2 amide bonds. The van der Waals surface area contributed by atoms with Gasteiger partial charge in [-0.15, -0.1) is 0 Å². The predicted octanol–water partition coefficient (Wildman–Crippen LogP) is 1.15. The highest BCUT2D eigenvalue weighted by molar-refractivity contribution is 5.91. The number of hydrogen-bond donors (Lipinski definition) is 2. The number of carbonyl (C=O) groups excluding carboxylic acids is 2. The highest BCUT2D eigenvalue weighted by atomic mass is 16.4. The summed E-state index contributed by atoms with van der Waals surface area (Å²) in [6, 6.07) is -0.852. The Kier molecular flexibility index (Phi) is 5.59. The molecule has 1 saturated heterocycles. The van der Waals surface area contributed by atoms with Gasteiger partial charge in [-0.1, -0.05) is 25.7 Å². The second-order valence-electron chi connectivity index (χ2n) is 6.05. The molecule has 6 nitrogen and oxygen atoms in total. The number of piperazine rings is 1. The number of carbonyl (C=O) groups is 3. The van der Waals surface area contributed by atoms with E-state index in [2.05, 4.69) is 5.32 Å². The molecule has 0 aromatic heterocycles. The maximum Gasteiger partial charge on any atom is 0.305 e. The summed E-state index contributed by atoms with van der Waals surface area (Å²) in [7, 11) is 0. The van der Waals surface area contributed by atoms with Crippen molar-refractivity contribution in [2.75, 3.05) is 13.1 Å². The molecular weight excluding hydrogens is 272 g/mol. The van der Waals surface area contributed by atoms with Gasteiger partial charge in [-0.2, -0.15) is 0 Å². The molecular formula is C15H24N2O4. The summed E-state index contributed by atoms with van der Waals surface area (Å²) >= 11 is 0. The minimum atomic E-state index is -1.05. The van der Waals surface area contributed by atoms with E-state index in [1.165, 1.54) is 17.7 Å². The second-order valence-corrected chi connectivity index (χ2v) is 6.05. The van der Waals surface area contributed by atoms with Gasteiger partial charge < -0.3 is 15.3 Å². The average Bonchev–Trinajstić information content (AvgIpc) is 2.69. The number of carboxylic acid groups (broad SMARTS) is 1. The predicted molar refractivity (Wildman–Crippen MR) is 76.6 cm³/mol. The summed E-state index contributed by atoms with van der Waals surface area (Å²) in [5, 5.41) is 11.6. The van der Waals surface area contributed by atoms with Crippen LogP contribution >= 0.6 is 0 Å². The minimum absolute atomic E-state index is 0.0667. The van der Waals surface area contributed by atoms with Gasteiger partial charge in [-0.05, 0) is 18.8 Å². The molecule has 1 heterocycles. The van der Waals surface area contributed by atoms with E-state index in [1.54, 1.807) is 0 Å². The number of amides is 2. The van der Waals surface area contributed by atoms with Gasteiger partial charge in [-0.3, -0.25) is 14.4 Å². The molecule has 0 spiro atoms. The highest BCUT2D eigenvalue weighted by Crippen LogP contribution is 2.26. The molecule has 1 aliphatic heterocycles. The zero-order valence-electron chi connectivity index (χ0n) is 12.3. The number of hydrogen-bond acceptors (Lipinski definition) is 3. The lowest BCUT2D eigenvalue weighted by Gasteiger charge is -2.35. The van der Waals surface area contributed by atoms with Crippen LogP contribution in [0.4, 0.5) is 0 Å². The Hall–Kier alpha value is -1.59. The van der Waals surface area contributed by atoms with Crippen LogP contribution in [-0.2, 0) is 14.4 Å². The zero-order valence-corrected chi connectivity index (χ0v) is 12.3. The highest BCUT2D eigenvalue weighted by Gasteiger charge is 2.35. The molecule has 2 fully saturated rings. The van der Waals surface area contributed by atoms with Gasteiger partial charge >= 0.3 is 5.97 Å². The van der Waals surface area contributed by atoms with E-state index < -0.39 is 12.0 Å². The monoisotopic (exact) mass is 296 g/mol. The van der Waals surface area contributed by atoms with Gasteiger partial charge in [0.05, 0.1) is 6.42 Å². The Morgan fingerprint density at radius 3 is 2.43 bits per heavy atom. The average molecular weight is 296 g/mol. The molecule has 1 aliphatic carbocycles. The van der Waals surface area contributed by atoms with Gasteiger partial charge in [0.1, 0.15) is 6.04 Å². The molecule has 1 atom stereocenters. The lowest BCUT2D eigenvalue weighted by molar-refractivity contribution is -0.149. The molecule has 0 radical (unpaired) electrons. The number of nitrogens with one attached hydrogen (secondary N) is 1. The lowest BCUT2D eigenvalue weighted by Crippen LogP contribution is -2.58. The third kappa shape index (κ3) is 4.44. The van der Waals surface area contributed by atoms with Crippen LogP contribution in [0.1, 0.15) is 51.4 Å². The molecule has 0 aromatic carbocycles. The zero-order chi connectivity index (χ0) is 15.2. The van der Waals surface area contributed by atoms with E-state index in [9.17, 15) is 14.4 Å². The number of carboxylic acids is 1. The van der Waals surface area contributed by atoms with Crippen LogP contribution in [0.2, 0.25) is 0 Å². The van der Waals surface area contributed by atoms with Crippen LogP contribution in [0.3, 0.4) is 0 Å². The minimum Gasteiger partial charge on any atom is -0.481 e. The van der Waals surface area contributed by atoms with E-state index in [4.69, 9.17) is 5.11 Å². The molecule has 0 aromatic rings. The molecule has 2 rings (SSSR count). The summed E-state index contributed by atoms with van der Waals surface area (Å²) in [6.45, 7) is 0.820. The largest absolute Gasteiger partial charge is 0.481 e. The van der Waals surface area contributed by atoms with Crippen molar-refractivity contribution in [3.63, 3.8) is 0 Å². The molecule has 1 unspecified atom stereocenters. The van der Waals surface area contributed by atoms with E-state index in [1.807, 2.05) is 0 Å². The fraction of sp³-hybridized carbons (Fsp3) is 0.800. The summed E-state index contributed by atoms with van der Waals surface area (Å²) < 4.78 is 0. The van der Waals surface area contributed by atoms with Crippen molar-refractivity contribution in [1.29, 1.82) is 0 Å². The summed E-state index contributed by atoms with van der Waals surface area (Å²) in [5.41, 5.74) is 0. The van der Waals surface area contributed by atoms with Crippen molar-refractivity contribution in [1.82, 2.24) is 10.2 Å². The van der Waals surface area contributed by atoms with Crippen molar-refractivity contribution < 1.29 is 19.5 Å². The van der Waals surface area contributed by atoms with Crippen LogP contribution in [-0.4, -0.2) is 46.9 Å². The Morgan fingerprint density at radius 1 is 1.14 bits per heavy atom. The smallest absolute Gasteiger partial charge is 0.305 e. The summed E-state index contributed by atoms with van der Waals surface area (Å²) in [6.07, 6.45) is 7.06. The van der Waals surface area contributed by atoms with Crippen LogP contribution in [0.15, 0.2) is 0 Å². The first kappa shape index (κ1) is 15.8. The first-order valence-electron chi connectivity index (χ1n) is 7.87. The molecule has 6 heteroatoms. The van der Waals surface area contributed by atoms with Crippen molar-refractivity contribution in [3.05, 3.63) is 0 Å². The van der Waals surface area contributed by atoms with Crippen LogP contribution in [0.5, 0.6) is 0 Å². The van der Waals surface area contributed by atoms with E-state index in [0.29, 0.717) is 25.4 Å². The lowest BCUT2D eigenvalue weighted by atomic mass is 9.95. The third-order valence-corrected chi connectivity index (χ3v) is 4.46. The maximum atomic E-state index is 12.5. The molecule has 2 N–H and O–H groups in total. The van der Waals surface area contributed by atoms with Crippen molar-refractivity contribution in [3.8, 4) is 0 Å². The standard InChI is InChI=1S/C15H24N2O4/c18-13(9-11-5-3-1-2-4-6-11)17-8-7-16-15(21)12(17)10-14(19)20/h11-12H,1-10H2,(H,16,21)(H,19,20). The molecule has 118 valence electrons. The fourth-order valence-electron chi connectivity index (χ4n) is 3.31. The van der Waals surface area contributed by atoms with Gasteiger partial charge in [0, 0.05) is 19.5 Å². The summed E-state index contributed by atoms with van der Waals surface area (Å²) in [4.78, 5) is 36.7. The molecule has 1 saturated carbocycles. The summed E-state index contributed by atoms with van der Waals surface area (Å²) in [5.74, 6) is -1.08. The first-order chi connectivity index (χ1) is 10.1. The van der Waals surface area contributed by atoms with E-state index >= 15 is 0 Å². The SMILES string of the molecule is O=C(O)CC1C(=O)NCCN1C(=O)CC1CCCCCC1. The van der Waals surface area contributed by atoms with Gasteiger partial charge in [0.15, 0.2) is 0 Å².